The topological polar surface area (TPSA) is 75.9 Å². The van der Waals surface area contributed by atoms with Crippen LogP contribution in [0.5, 0.6) is 0 Å². The summed E-state index contributed by atoms with van der Waals surface area (Å²) in [5.74, 6) is -0.946. The summed E-state index contributed by atoms with van der Waals surface area (Å²) >= 11 is 0. The van der Waals surface area contributed by atoms with Crippen molar-refractivity contribution in [2.45, 2.75) is 6.18 Å². The normalized spacial score (nSPS) is 14.8. The van der Waals surface area contributed by atoms with Crippen molar-refractivity contribution in [3.8, 4) is 0 Å². The number of ether oxygens (including phenoxy) is 1. The monoisotopic (exact) mass is 373 g/mol. The number of amides is 1. The Labute approximate surface area is 147 Å². The van der Waals surface area contributed by atoms with Crippen molar-refractivity contribution in [1.82, 2.24) is 4.90 Å². The average molecular weight is 373 g/mol. The number of nitrogens with zero attached hydrogens (tertiary/aromatic N) is 3. The van der Waals surface area contributed by atoms with Crippen molar-refractivity contribution in [3.05, 3.63) is 46.5 Å². The number of nitro benzene ring substituents is 1. The minimum absolute atomic E-state index is 0.181. The maximum Gasteiger partial charge on any atom is 0.406 e. The molecule has 0 aliphatic carbocycles. The molecule has 142 valence electrons. The van der Waals surface area contributed by atoms with Gasteiger partial charge in [-0.15, -0.1) is 6.58 Å². The first-order valence-electron chi connectivity index (χ1n) is 7.81. The van der Waals surface area contributed by atoms with E-state index >= 15 is 0 Å². The molecule has 1 aliphatic rings. The molecule has 0 spiro atoms. The third kappa shape index (κ3) is 4.94. The Kier molecular flexibility index (Phi) is 6.19. The Morgan fingerprint density at radius 3 is 2.58 bits per heavy atom. The molecule has 0 aromatic heterocycles. The highest BCUT2D eigenvalue weighted by molar-refractivity contribution is 5.96. The van der Waals surface area contributed by atoms with E-state index in [-0.39, 0.29) is 17.8 Å². The van der Waals surface area contributed by atoms with Crippen molar-refractivity contribution >= 4 is 17.3 Å². The smallest absolute Gasteiger partial charge is 0.378 e. The second-order valence-corrected chi connectivity index (χ2v) is 5.65. The largest absolute Gasteiger partial charge is 0.406 e. The highest BCUT2D eigenvalue weighted by Gasteiger charge is 2.33. The number of carbonyl (C=O) groups excluding carboxylic acids is 1. The van der Waals surface area contributed by atoms with Gasteiger partial charge in [0, 0.05) is 31.3 Å². The second-order valence-electron chi connectivity index (χ2n) is 5.65. The lowest BCUT2D eigenvalue weighted by molar-refractivity contribution is -0.384. The highest BCUT2D eigenvalue weighted by Crippen LogP contribution is 2.30. The molecular weight excluding hydrogens is 355 g/mol. The Balaban J connectivity index is 2.33. The molecule has 1 saturated heterocycles. The third-order valence-corrected chi connectivity index (χ3v) is 3.78. The number of nitro groups is 1. The summed E-state index contributed by atoms with van der Waals surface area (Å²) in [7, 11) is 0. The molecule has 1 heterocycles. The predicted molar refractivity (Wildman–Crippen MR) is 88.3 cm³/mol. The van der Waals surface area contributed by atoms with Gasteiger partial charge in [0.05, 0.1) is 18.1 Å². The molecular formula is C16H18F3N3O4. The molecule has 7 nitrogen and oxygen atoms in total. The zero-order valence-electron chi connectivity index (χ0n) is 13.9. The summed E-state index contributed by atoms with van der Waals surface area (Å²) in [6, 6.07) is 3.70. The van der Waals surface area contributed by atoms with E-state index in [0.717, 1.165) is 6.07 Å². The van der Waals surface area contributed by atoms with Crippen LogP contribution in [-0.2, 0) is 4.74 Å². The first kappa shape index (κ1) is 19.7. The molecule has 1 aromatic rings. The van der Waals surface area contributed by atoms with Crippen LogP contribution in [0.1, 0.15) is 10.4 Å². The number of benzene rings is 1. The van der Waals surface area contributed by atoms with Gasteiger partial charge in [-0.2, -0.15) is 13.2 Å². The summed E-state index contributed by atoms with van der Waals surface area (Å²) < 4.78 is 43.2. The molecule has 1 aromatic carbocycles. The zero-order chi connectivity index (χ0) is 19.3. The van der Waals surface area contributed by atoms with Crippen LogP contribution in [0, 0.1) is 10.1 Å². The van der Waals surface area contributed by atoms with Gasteiger partial charge in [-0.3, -0.25) is 14.9 Å². The molecule has 0 bridgehead atoms. The summed E-state index contributed by atoms with van der Waals surface area (Å²) in [6.07, 6.45) is -3.42. The van der Waals surface area contributed by atoms with Crippen LogP contribution in [-0.4, -0.2) is 61.3 Å². The van der Waals surface area contributed by atoms with E-state index in [4.69, 9.17) is 4.74 Å². The van der Waals surface area contributed by atoms with E-state index in [1.807, 2.05) is 0 Å². The van der Waals surface area contributed by atoms with E-state index in [2.05, 4.69) is 6.58 Å². The van der Waals surface area contributed by atoms with E-state index < -0.39 is 23.6 Å². The summed E-state index contributed by atoms with van der Waals surface area (Å²) in [4.78, 5) is 25.4. The SMILES string of the molecule is C=CCN(CC(F)(F)F)C(=O)c1ccc(N2CCOCC2)c([N+](=O)[O-])c1. The number of alkyl halides is 3. The molecule has 0 unspecified atom stereocenters. The first-order valence-corrected chi connectivity index (χ1v) is 7.81. The van der Waals surface area contributed by atoms with Crippen LogP contribution < -0.4 is 4.90 Å². The van der Waals surface area contributed by atoms with Crippen molar-refractivity contribution in [3.63, 3.8) is 0 Å². The van der Waals surface area contributed by atoms with Gasteiger partial charge >= 0.3 is 6.18 Å². The van der Waals surface area contributed by atoms with Gasteiger partial charge in [0.1, 0.15) is 12.2 Å². The molecule has 0 N–H and O–H groups in total. The van der Waals surface area contributed by atoms with Gasteiger partial charge in [-0.1, -0.05) is 6.08 Å². The second kappa shape index (κ2) is 8.17. The van der Waals surface area contributed by atoms with E-state index in [1.54, 1.807) is 4.90 Å². The van der Waals surface area contributed by atoms with Crippen LogP contribution in [0.4, 0.5) is 24.5 Å². The van der Waals surface area contributed by atoms with Gasteiger partial charge < -0.3 is 14.5 Å². The van der Waals surface area contributed by atoms with Crippen LogP contribution >= 0.6 is 0 Å². The van der Waals surface area contributed by atoms with Crippen molar-refractivity contribution in [2.24, 2.45) is 0 Å². The Morgan fingerprint density at radius 1 is 1.38 bits per heavy atom. The number of morpholine rings is 1. The van der Waals surface area contributed by atoms with Gasteiger partial charge in [-0.05, 0) is 12.1 Å². The number of anilines is 1. The fraction of sp³-hybridized carbons (Fsp3) is 0.438. The standard InChI is InChI=1S/C16H18F3N3O4/c1-2-5-21(11-16(17,18)19)15(23)12-3-4-13(14(10-12)22(24)25)20-6-8-26-9-7-20/h2-4,10H,1,5-9,11H2. The van der Waals surface area contributed by atoms with Crippen LogP contribution in [0.25, 0.3) is 0 Å². The predicted octanol–water partition coefficient (Wildman–Crippen LogP) is 2.62. The Hall–Kier alpha value is -2.62. The fourth-order valence-electron chi connectivity index (χ4n) is 2.65. The average Bonchev–Trinajstić information content (AvgIpc) is 2.60. The molecule has 1 fully saturated rings. The molecule has 1 amide bonds. The lowest BCUT2D eigenvalue weighted by atomic mass is 10.1. The lowest BCUT2D eigenvalue weighted by Crippen LogP contribution is -2.39. The number of hydrogen-bond donors (Lipinski definition) is 0. The fourth-order valence-corrected chi connectivity index (χ4v) is 2.65. The van der Waals surface area contributed by atoms with Crippen LogP contribution in [0.2, 0.25) is 0 Å². The molecule has 1 aliphatic heterocycles. The van der Waals surface area contributed by atoms with Crippen molar-refractivity contribution < 1.29 is 27.6 Å². The Bertz CT molecular complexity index is 688. The van der Waals surface area contributed by atoms with E-state index in [9.17, 15) is 28.1 Å². The molecule has 2 rings (SSSR count). The zero-order valence-corrected chi connectivity index (χ0v) is 13.9. The van der Waals surface area contributed by atoms with Crippen molar-refractivity contribution in [1.29, 1.82) is 0 Å². The van der Waals surface area contributed by atoms with Gasteiger partial charge in [0.15, 0.2) is 0 Å². The minimum Gasteiger partial charge on any atom is -0.378 e. The number of hydrogen-bond acceptors (Lipinski definition) is 5. The van der Waals surface area contributed by atoms with E-state index in [0.29, 0.717) is 36.9 Å². The quantitative estimate of drug-likeness (QED) is 0.435. The summed E-state index contributed by atoms with van der Waals surface area (Å²) in [5, 5.41) is 11.4. The Morgan fingerprint density at radius 2 is 2.04 bits per heavy atom. The van der Waals surface area contributed by atoms with Gasteiger partial charge in [0.2, 0.25) is 0 Å². The molecule has 0 radical (unpaired) electrons. The van der Waals surface area contributed by atoms with Crippen molar-refractivity contribution in [2.75, 3.05) is 44.3 Å². The number of carbonyl (C=O) groups is 1. The number of halogens is 3. The first-order chi connectivity index (χ1) is 12.2. The van der Waals surface area contributed by atoms with Crippen LogP contribution in [0.15, 0.2) is 30.9 Å². The van der Waals surface area contributed by atoms with E-state index in [1.165, 1.54) is 18.2 Å². The van der Waals surface area contributed by atoms with Crippen LogP contribution in [0.3, 0.4) is 0 Å². The van der Waals surface area contributed by atoms with Gasteiger partial charge in [-0.25, -0.2) is 0 Å². The maximum absolute atomic E-state index is 12.7. The number of rotatable bonds is 6. The minimum atomic E-state index is -4.58. The molecule has 0 saturated carbocycles. The maximum atomic E-state index is 12.7. The summed E-state index contributed by atoms with van der Waals surface area (Å²) in [5.41, 5.74) is -0.205. The highest BCUT2D eigenvalue weighted by atomic mass is 19.4. The third-order valence-electron chi connectivity index (χ3n) is 3.78. The lowest BCUT2D eigenvalue weighted by Gasteiger charge is -2.28. The molecule has 10 heteroatoms. The molecule has 26 heavy (non-hydrogen) atoms. The van der Waals surface area contributed by atoms with Gasteiger partial charge in [0.25, 0.3) is 11.6 Å². The molecule has 0 atom stereocenters. The summed E-state index contributed by atoms with van der Waals surface area (Å²) in [6.45, 7) is 3.28.